The van der Waals surface area contributed by atoms with Gasteiger partial charge in [-0.05, 0) is 48.2 Å². The van der Waals surface area contributed by atoms with Crippen molar-refractivity contribution in [2.24, 2.45) is 5.73 Å². The number of hydrogen-bond acceptors (Lipinski definition) is 5. The van der Waals surface area contributed by atoms with Crippen molar-refractivity contribution < 1.29 is 4.79 Å². The molecule has 3 rings (SSSR count). The van der Waals surface area contributed by atoms with Crippen molar-refractivity contribution in [2.45, 2.75) is 25.8 Å². The van der Waals surface area contributed by atoms with Crippen LogP contribution < -0.4 is 16.8 Å². The largest absolute Gasteiger partial charge is 0.399 e. The molecule has 0 spiro atoms. The van der Waals surface area contributed by atoms with Gasteiger partial charge in [-0.25, -0.2) is 4.98 Å². The van der Waals surface area contributed by atoms with Crippen LogP contribution in [0.5, 0.6) is 0 Å². The Kier molecular flexibility index (Phi) is 5.65. The Morgan fingerprint density at radius 2 is 1.73 bits per heavy atom. The summed E-state index contributed by atoms with van der Waals surface area (Å²) in [5, 5.41) is 5.41. The van der Waals surface area contributed by atoms with Gasteiger partial charge in [-0.3, -0.25) is 4.79 Å². The highest BCUT2D eigenvalue weighted by Gasteiger charge is 2.14. The van der Waals surface area contributed by atoms with Gasteiger partial charge in [0, 0.05) is 16.8 Å². The van der Waals surface area contributed by atoms with Gasteiger partial charge < -0.3 is 16.8 Å². The molecule has 5 N–H and O–H groups in total. The van der Waals surface area contributed by atoms with Crippen LogP contribution in [0.25, 0.3) is 0 Å². The Labute approximate surface area is 157 Å². The summed E-state index contributed by atoms with van der Waals surface area (Å²) in [5.74, 6) is -0.220. The number of aromatic nitrogens is 1. The first-order chi connectivity index (χ1) is 12.5. The molecule has 5 nitrogen and oxygen atoms in total. The molecule has 0 bridgehead atoms. The highest BCUT2D eigenvalue weighted by Crippen LogP contribution is 2.20. The number of amides is 1. The summed E-state index contributed by atoms with van der Waals surface area (Å²) in [4.78, 5) is 16.7. The van der Waals surface area contributed by atoms with Crippen LogP contribution in [-0.2, 0) is 6.42 Å². The molecule has 1 amide bonds. The molecular formula is C20H22N4OS. The fourth-order valence-corrected chi connectivity index (χ4v) is 3.39. The number of nitrogens with one attached hydrogen (secondary N) is 1. The summed E-state index contributed by atoms with van der Waals surface area (Å²) >= 11 is 1.42. The number of nitrogen functional groups attached to an aromatic ring is 1. The van der Waals surface area contributed by atoms with E-state index in [9.17, 15) is 4.79 Å². The van der Waals surface area contributed by atoms with Crippen molar-refractivity contribution >= 4 is 28.6 Å². The van der Waals surface area contributed by atoms with E-state index in [4.69, 9.17) is 11.5 Å². The summed E-state index contributed by atoms with van der Waals surface area (Å²) in [6.45, 7) is 2.00. The topological polar surface area (TPSA) is 94.0 Å². The first kappa shape index (κ1) is 18.1. The second-order valence-electron chi connectivity index (χ2n) is 6.16. The second kappa shape index (κ2) is 8.12. The van der Waals surface area contributed by atoms with Gasteiger partial charge >= 0.3 is 0 Å². The predicted molar refractivity (Wildman–Crippen MR) is 107 cm³/mol. The van der Waals surface area contributed by atoms with E-state index in [1.807, 2.05) is 55.5 Å². The quantitative estimate of drug-likeness (QED) is 0.575. The third-order valence-corrected chi connectivity index (χ3v) is 5.09. The lowest BCUT2D eigenvalue weighted by molar-refractivity contribution is 0.102. The number of carbonyl (C=O) groups is 1. The van der Waals surface area contributed by atoms with E-state index in [0.29, 0.717) is 5.69 Å². The molecule has 2 aromatic carbocycles. The van der Waals surface area contributed by atoms with Crippen molar-refractivity contribution in [2.75, 3.05) is 11.1 Å². The van der Waals surface area contributed by atoms with Gasteiger partial charge in [0.2, 0.25) is 0 Å². The number of carbonyl (C=O) groups excluding carboxylic acids is 1. The molecule has 0 saturated heterocycles. The average molecular weight is 366 g/mol. The molecule has 0 aliphatic carbocycles. The van der Waals surface area contributed by atoms with Gasteiger partial charge in [0.25, 0.3) is 5.91 Å². The van der Waals surface area contributed by atoms with Gasteiger partial charge in [0.15, 0.2) is 0 Å². The van der Waals surface area contributed by atoms with Crippen molar-refractivity contribution in [3.63, 3.8) is 0 Å². The number of benzene rings is 2. The fraction of sp³-hybridized carbons (Fsp3) is 0.200. The summed E-state index contributed by atoms with van der Waals surface area (Å²) in [6.07, 6.45) is 1.61. The number of anilines is 2. The monoisotopic (exact) mass is 366 g/mol. The molecule has 0 aliphatic heterocycles. The Morgan fingerprint density at radius 3 is 2.35 bits per heavy atom. The van der Waals surface area contributed by atoms with Gasteiger partial charge in [0.1, 0.15) is 10.7 Å². The van der Waals surface area contributed by atoms with Crippen molar-refractivity contribution in [3.05, 3.63) is 75.7 Å². The minimum Gasteiger partial charge on any atom is -0.399 e. The maximum absolute atomic E-state index is 12.3. The van der Waals surface area contributed by atoms with Crippen LogP contribution in [0, 0.1) is 0 Å². The summed E-state index contributed by atoms with van der Waals surface area (Å²) in [5.41, 5.74) is 15.9. The molecule has 1 aromatic heterocycles. The van der Waals surface area contributed by atoms with Crippen LogP contribution in [0.15, 0.2) is 53.9 Å². The van der Waals surface area contributed by atoms with E-state index in [0.717, 1.165) is 34.8 Å². The van der Waals surface area contributed by atoms with Crippen molar-refractivity contribution in [3.8, 4) is 0 Å². The van der Waals surface area contributed by atoms with Crippen LogP contribution in [-0.4, -0.2) is 10.9 Å². The number of thiazole rings is 1. The Hall–Kier alpha value is -2.70. The lowest BCUT2D eigenvalue weighted by Crippen LogP contribution is -2.14. The van der Waals surface area contributed by atoms with Crippen LogP contribution in [0.4, 0.5) is 11.4 Å². The number of hydrogen-bond donors (Lipinski definition) is 3. The first-order valence-corrected chi connectivity index (χ1v) is 9.39. The first-order valence-electron chi connectivity index (χ1n) is 8.51. The Balaban J connectivity index is 1.62. The van der Waals surface area contributed by atoms with E-state index in [2.05, 4.69) is 10.3 Å². The van der Waals surface area contributed by atoms with Crippen LogP contribution in [0.3, 0.4) is 0 Å². The smallest absolute Gasteiger partial charge is 0.275 e. The van der Waals surface area contributed by atoms with E-state index >= 15 is 0 Å². The Morgan fingerprint density at radius 1 is 1.12 bits per heavy atom. The predicted octanol–water partition coefficient (Wildman–Crippen LogP) is 3.98. The van der Waals surface area contributed by atoms with E-state index in [1.54, 1.807) is 5.38 Å². The van der Waals surface area contributed by atoms with Crippen molar-refractivity contribution in [1.82, 2.24) is 4.98 Å². The highest BCUT2D eigenvalue weighted by molar-refractivity contribution is 7.09. The fourth-order valence-electron chi connectivity index (χ4n) is 2.51. The van der Waals surface area contributed by atoms with Crippen molar-refractivity contribution in [1.29, 1.82) is 0 Å². The molecule has 134 valence electrons. The van der Waals surface area contributed by atoms with Gasteiger partial charge in [-0.15, -0.1) is 11.3 Å². The number of nitrogens with zero attached hydrogens (tertiary/aromatic N) is 1. The maximum Gasteiger partial charge on any atom is 0.275 e. The Bertz CT molecular complexity index is 872. The second-order valence-corrected chi connectivity index (χ2v) is 7.04. The van der Waals surface area contributed by atoms with Crippen LogP contribution >= 0.6 is 11.3 Å². The molecule has 0 fully saturated rings. The minimum absolute atomic E-state index is 0.117. The zero-order valence-corrected chi connectivity index (χ0v) is 15.4. The van der Waals surface area contributed by atoms with Gasteiger partial charge in [0.05, 0.1) is 6.04 Å². The standard InChI is InChI=1S/C20H22N4OS/c1-2-17(22)20-24-18(12-26-20)19(25)23-16-9-5-14(6-10-16)11-13-3-7-15(21)8-4-13/h3-10,12,17H,2,11,21-22H2,1H3,(H,23,25). The molecule has 0 aliphatic rings. The SMILES string of the molecule is CCC(N)c1nc(C(=O)Nc2ccc(Cc3ccc(N)cc3)cc2)cs1. The highest BCUT2D eigenvalue weighted by atomic mass is 32.1. The summed E-state index contributed by atoms with van der Waals surface area (Å²) < 4.78 is 0. The third-order valence-electron chi connectivity index (χ3n) is 4.11. The normalized spacial score (nSPS) is 11.9. The average Bonchev–Trinajstić information content (AvgIpc) is 3.15. The van der Waals surface area contributed by atoms with Gasteiger partial charge in [-0.2, -0.15) is 0 Å². The molecule has 3 aromatic rings. The zero-order valence-electron chi connectivity index (χ0n) is 14.6. The molecule has 1 atom stereocenters. The summed E-state index contributed by atoms with van der Waals surface area (Å²) in [7, 11) is 0. The van der Waals surface area contributed by atoms with Crippen LogP contribution in [0.2, 0.25) is 0 Å². The van der Waals surface area contributed by atoms with E-state index < -0.39 is 0 Å². The molecule has 0 saturated carbocycles. The maximum atomic E-state index is 12.3. The third kappa shape index (κ3) is 4.47. The van der Waals surface area contributed by atoms with E-state index in [-0.39, 0.29) is 11.9 Å². The number of rotatable bonds is 6. The van der Waals surface area contributed by atoms with Crippen LogP contribution in [0.1, 0.15) is 46.0 Å². The molecule has 1 unspecified atom stereocenters. The van der Waals surface area contributed by atoms with Gasteiger partial charge in [-0.1, -0.05) is 31.2 Å². The lowest BCUT2D eigenvalue weighted by atomic mass is 10.0. The molecule has 0 radical (unpaired) electrons. The molecule has 1 heterocycles. The number of nitrogens with two attached hydrogens (primary N) is 2. The lowest BCUT2D eigenvalue weighted by Gasteiger charge is -2.06. The molecule has 6 heteroatoms. The summed E-state index contributed by atoms with van der Waals surface area (Å²) in [6, 6.07) is 15.5. The molecular weight excluding hydrogens is 344 g/mol. The minimum atomic E-state index is -0.220. The van der Waals surface area contributed by atoms with E-state index in [1.165, 1.54) is 16.9 Å². The zero-order chi connectivity index (χ0) is 18.5. The molecule has 26 heavy (non-hydrogen) atoms.